The third kappa shape index (κ3) is 4.23. The van der Waals surface area contributed by atoms with E-state index in [9.17, 15) is 48.0 Å². The number of nitrogens with two attached hydrogens (primary N) is 1. The van der Waals surface area contributed by atoms with Gasteiger partial charge in [-0.15, -0.1) is 0 Å². The van der Waals surface area contributed by atoms with Gasteiger partial charge >= 0.3 is 6.18 Å². The van der Waals surface area contributed by atoms with Crippen LogP contribution in [0, 0.1) is 11.8 Å². The summed E-state index contributed by atoms with van der Waals surface area (Å²) in [6.45, 7) is 2.27. The molecule has 0 saturated heterocycles. The molecular weight excluding hydrogens is 559 g/mol. The Morgan fingerprint density at radius 2 is 1.81 bits per heavy atom. The van der Waals surface area contributed by atoms with Gasteiger partial charge < -0.3 is 26.2 Å². The Hall–Kier alpha value is -3.42. The first-order valence-corrected chi connectivity index (χ1v) is 13.9. The van der Waals surface area contributed by atoms with Gasteiger partial charge in [-0.3, -0.25) is 24.2 Å². The van der Waals surface area contributed by atoms with Crippen molar-refractivity contribution >= 4 is 23.2 Å². The highest BCUT2D eigenvalue weighted by molar-refractivity contribution is 6.24. The van der Waals surface area contributed by atoms with Gasteiger partial charge in [0.1, 0.15) is 22.8 Å². The maximum absolute atomic E-state index is 14.7. The SMILES string of the molecule is CCN(Cc1cc(O)c2c(c1C(F)(F)F)CC1C[C@H]3[C@H](N(C)C)C(=O)C(C(N)=O)=C(O)[C@@]3(O)C(=O)C1=C2O)C1CCC1. The third-order valence-electron chi connectivity index (χ3n) is 9.46. The van der Waals surface area contributed by atoms with E-state index in [1.807, 2.05) is 11.8 Å². The number of phenolic OH excluding ortho intramolecular Hbond substituents is 1. The molecule has 2 fully saturated rings. The molecule has 1 aromatic carbocycles. The van der Waals surface area contributed by atoms with E-state index >= 15 is 0 Å². The Kier molecular flexibility index (Phi) is 7.22. The van der Waals surface area contributed by atoms with Crippen molar-refractivity contribution in [2.75, 3.05) is 20.6 Å². The Morgan fingerprint density at radius 3 is 2.31 bits per heavy atom. The fourth-order valence-corrected chi connectivity index (χ4v) is 7.33. The van der Waals surface area contributed by atoms with E-state index in [0.29, 0.717) is 6.54 Å². The van der Waals surface area contributed by atoms with E-state index in [0.717, 1.165) is 25.3 Å². The number of halogens is 3. The van der Waals surface area contributed by atoms with Crippen LogP contribution in [0.25, 0.3) is 5.76 Å². The van der Waals surface area contributed by atoms with Gasteiger partial charge in [-0.2, -0.15) is 13.2 Å². The smallest absolute Gasteiger partial charge is 0.417 e. The number of phenols is 1. The number of benzene rings is 1. The summed E-state index contributed by atoms with van der Waals surface area (Å²) in [5.74, 6) is -8.94. The molecule has 0 heterocycles. The number of Topliss-reactive ketones (excluding diaryl/α,β-unsaturated/α-hetero) is 2. The summed E-state index contributed by atoms with van der Waals surface area (Å²) in [6.07, 6.45) is -2.89. The minimum atomic E-state index is -4.87. The molecule has 0 spiro atoms. The number of alkyl halides is 3. The first-order valence-electron chi connectivity index (χ1n) is 13.9. The van der Waals surface area contributed by atoms with Gasteiger partial charge in [0.05, 0.1) is 17.2 Å². The summed E-state index contributed by atoms with van der Waals surface area (Å²) in [5, 5.41) is 44.8. The number of carbonyl (C=O) groups is 3. The van der Waals surface area contributed by atoms with E-state index in [1.54, 1.807) is 0 Å². The van der Waals surface area contributed by atoms with Gasteiger partial charge in [0.2, 0.25) is 5.78 Å². The number of fused-ring (bicyclic) bond motifs is 3. The van der Waals surface area contributed by atoms with Crippen LogP contribution >= 0.6 is 0 Å². The van der Waals surface area contributed by atoms with Crippen LogP contribution in [0.5, 0.6) is 5.75 Å². The second-order valence-electron chi connectivity index (χ2n) is 11.9. The molecule has 1 amide bonds. The zero-order valence-electron chi connectivity index (χ0n) is 23.5. The van der Waals surface area contributed by atoms with Gasteiger partial charge in [-0.05, 0) is 69.4 Å². The van der Waals surface area contributed by atoms with Gasteiger partial charge in [0, 0.05) is 24.1 Å². The molecule has 10 nitrogen and oxygen atoms in total. The number of ketones is 2. The molecule has 4 aliphatic rings. The molecule has 4 atom stereocenters. The standard InChI is InChI=1S/C29H34F3N3O7/c1-4-35(14-6-5-7-14)11-13-10-17(36)19-15(21(13)29(30,31)32)8-12-9-16-22(34(2)3)24(38)20(27(33)41)26(40)28(16,42)25(39)18(12)23(19)37/h10,12,14,16,22,36-37,40,42H,4-9,11H2,1-3H3,(H2,33,41)/t12?,16-,22-,28-/m0/s1. The van der Waals surface area contributed by atoms with Crippen LogP contribution in [-0.2, 0) is 33.5 Å². The van der Waals surface area contributed by atoms with E-state index < -0.39 is 93.1 Å². The molecule has 2 saturated carbocycles. The third-order valence-corrected chi connectivity index (χ3v) is 9.46. The summed E-state index contributed by atoms with van der Waals surface area (Å²) < 4.78 is 44.2. The summed E-state index contributed by atoms with van der Waals surface area (Å²) in [4.78, 5) is 42.4. The van der Waals surface area contributed by atoms with Gasteiger partial charge in [-0.1, -0.05) is 13.3 Å². The summed E-state index contributed by atoms with van der Waals surface area (Å²) in [7, 11) is 2.89. The van der Waals surface area contributed by atoms with Gasteiger partial charge in [-0.25, -0.2) is 0 Å². The van der Waals surface area contributed by atoms with Crippen molar-refractivity contribution in [3.8, 4) is 5.75 Å². The number of rotatable bonds is 6. The number of hydrogen-bond donors (Lipinski definition) is 5. The molecular formula is C29H34F3N3O7. The molecule has 228 valence electrons. The van der Waals surface area contributed by atoms with Crippen molar-refractivity contribution in [1.82, 2.24) is 9.80 Å². The molecule has 1 aromatic rings. The maximum Gasteiger partial charge on any atom is 0.417 e. The number of nitrogens with zero attached hydrogens (tertiary/aromatic N) is 2. The first-order chi connectivity index (χ1) is 19.5. The molecule has 0 bridgehead atoms. The van der Waals surface area contributed by atoms with Crippen molar-refractivity contribution < 1.29 is 48.0 Å². The number of aliphatic hydroxyl groups excluding tert-OH is 2. The summed E-state index contributed by atoms with van der Waals surface area (Å²) >= 11 is 0. The van der Waals surface area contributed by atoms with E-state index in [-0.39, 0.29) is 30.1 Å². The largest absolute Gasteiger partial charge is 0.508 e. The number of carbonyl (C=O) groups excluding carboxylic acids is 3. The molecule has 13 heteroatoms. The van der Waals surface area contributed by atoms with Gasteiger partial charge in [0.15, 0.2) is 11.4 Å². The topological polar surface area (TPSA) is 165 Å². The van der Waals surface area contributed by atoms with Crippen LogP contribution in [0.15, 0.2) is 23.0 Å². The lowest BCUT2D eigenvalue weighted by molar-refractivity contribution is -0.153. The number of hydrogen-bond acceptors (Lipinski definition) is 9. The van der Waals surface area contributed by atoms with Gasteiger partial charge in [0.25, 0.3) is 5.91 Å². The summed E-state index contributed by atoms with van der Waals surface area (Å²) in [6, 6.07) is -0.250. The highest BCUT2D eigenvalue weighted by Crippen LogP contribution is 2.54. The number of primary amides is 1. The Balaban J connectivity index is 1.70. The second-order valence-corrected chi connectivity index (χ2v) is 11.9. The van der Waals surface area contributed by atoms with Crippen LogP contribution in [-0.4, -0.2) is 86.0 Å². The number of amides is 1. The first kappa shape index (κ1) is 30.1. The molecule has 6 N–H and O–H groups in total. The predicted octanol–water partition coefficient (Wildman–Crippen LogP) is 2.36. The Labute approximate surface area is 239 Å². The molecule has 5 rings (SSSR count). The normalized spacial score (nSPS) is 28.2. The average molecular weight is 594 g/mol. The van der Waals surface area contributed by atoms with Crippen molar-refractivity contribution in [3.63, 3.8) is 0 Å². The molecule has 42 heavy (non-hydrogen) atoms. The maximum atomic E-state index is 14.7. The lowest BCUT2D eigenvalue weighted by Crippen LogP contribution is -2.65. The fraction of sp³-hybridized carbons (Fsp3) is 0.552. The lowest BCUT2D eigenvalue weighted by Gasteiger charge is -2.50. The molecule has 0 aromatic heterocycles. The fourth-order valence-electron chi connectivity index (χ4n) is 7.33. The minimum Gasteiger partial charge on any atom is -0.508 e. The Morgan fingerprint density at radius 1 is 1.17 bits per heavy atom. The minimum absolute atomic E-state index is 0.0775. The van der Waals surface area contributed by atoms with Crippen LogP contribution in [0.4, 0.5) is 13.2 Å². The molecule has 4 aliphatic carbocycles. The number of aliphatic hydroxyl groups is 3. The molecule has 1 unspecified atom stereocenters. The van der Waals surface area contributed by atoms with Crippen molar-refractivity contribution in [2.24, 2.45) is 17.6 Å². The van der Waals surface area contributed by atoms with E-state index in [2.05, 4.69) is 0 Å². The van der Waals surface area contributed by atoms with Crippen molar-refractivity contribution in [2.45, 2.75) is 69.4 Å². The highest BCUT2D eigenvalue weighted by atomic mass is 19.4. The zero-order chi connectivity index (χ0) is 31.0. The average Bonchev–Trinajstić information content (AvgIpc) is 2.83. The van der Waals surface area contributed by atoms with Crippen LogP contribution in [0.2, 0.25) is 0 Å². The van der Waals surface area contributed by atoms with Crippen molar-refractivity contribution in [1.29, 1.82) is 0 Å². The van der Waals surface area contributed by atoms with Crippen LogP contribution < -0.4 is 5.73 Å². The number of likely N-dealkylation sites (N-methyl/N-ethyl adjacent to an activating group) is 1. The van der Waals surface area contributed by atoms with Crippen molar-refractivity contribution in [3.05, 3.63) is 45.2 Å². The second kappa shape index (κ2) is 10.1. The lowest BCUT2D eigenvalue weighted by atomic mass is 9.57. The van der Waals surface area contributed by atoms with E-state index in [4.69, 9.17) is 5.73 Å². The van der Waals surface area contributed by atoms with Crippen LogP contribution in [0.3, 0.4) is 0 Å². The summed E-state index contributed by atoms with van der Waals surface area (Å²) in [5.41, 5.74) is -1.14. The van der Waals surface area contributed by atoms with E-state index in [1.165, 1.54) is 19.0 Å². The quantitative estimate of drug-likeness (QED) is 0.312. The predicted molar refractivity (Wildman–Crippen MR) is 143 cm³/mol. The zero-order valence-corrected chi connectivity index (χ0v) is 23.5. The molecule has 0 radical (unpaired) electrons. The number of aromatic hydroxyl groups is 1. The Bertz CT molecular complexity index is 1450. The monoisotopic (exact) mass is 593 g/mol. The molecule has 0 aliphatic heterocycles. The highest BCUT2D eigenvalue weighted by Gasteiger charge is 2.64. The van der Waals surface area contributed by atoms with Crippen LogP contribution in [0.1, 0.15) is 54.9 Å².